The first-order chi connectivity index (χ1) is 17.8. The van der Waals surface area contributed by atoms with Gasteiger partial charge >= 0.3 is 0 Å². The molecule has 0 aromatic carbocycles. The van der Waals surface area contributed by atoms with Crippen LogP contribution in [0.1, 0.15) is 105 Å². The van der Waals surface area contributed by atoms with E-state index < -0.39 is 5.60 Å². The van der Waals surface area contributed by atoms with Crippen LogP contribution in [0.3, 0.4) is 0 Å². The zero-order valence-electron chi connectivity index (χ0n) is 24.8. The monoisotopic (exact) mass is 526 g/mol. The standard InChI is InChI=1S/C33H54N2O3/c1-29(2)25-12-17-31(4)26(30(25,3)15-13-27(29)37)20-24(36)28-23(11-16-32(28,31)5)33(6,38)14-9-18-34-21-22-10-7-8-19-35-22/h7-8,10,19,23-28,34,36-38H,9,11-18,20-21H2,1-6H3/t23-,24+,25?,26?,27-,28?,30-,31+,32+,33-/m0/s1. The molecule has 0 spiro atoms. The maximum absolute atomic E-state index is 11.9. The van der Waals surface area contributed by atoms with Crippen LogP contribution in [0.2, 0.25) is 0 Å². The second-order valence-corrected chi connectivity index (χ2v) is 15.3. The van der Waals surface area contributed by atoms with Crippen LogP contribution in [0, 0.1) is 45.3 Å². The van der Waals surface area contributed by atoms with Gasteiger partial charge in [0.15, 0.2) is 0 Å². The van der Waals surface area contributed by atoms with Crippen molar-refractivity contribution < 1.29 is 15.3 Å². The zero-order valence-corrected chi connectivity index (χ0v) is 24.8. The average molecular weight is 527 g/mol. The average Bonchev–Trinajstić information content (AvgIpc) is 3.25. The lowest BCUT2D eigenvalue weighted by Gasteiger charge is -2.70. The van der Waals surface area contributed by atoms with Gasteiger partial charge in [0.25, 0.3) is 0 Å². The van der Waals surface area contributed by atoms with Crippen molar-refractivity contribution in [3.63, 3.8) is 0 Å². The molecule has 4 aliphatic carbocycles. The first-order valence-corrected chi connectivity index (χ1v) is 15.5. The van der Waals surface area contributed by atoms with Crippen LogP contribution >= 0.6 is 0 Å². The van der Waals surface area contributed by atoms with E-state index in [0.717, 1.165) is 70.2 Å². The molecule has 0 amide bonds. The predicted octanol–water partition coefficient (Wildman–Crippen LogP) is 5.72. The normalized spacial score (nSPS) is 45.5. The van der Waals surface area contributed by atoms with Gasteiger partial charge in [-0.2, -0.15) is 0 Å². The van der Waals surface area contributed by atoms with Gasteiger partial charge in [-0.3, -0.25) is 4.98 Å². The Morgan fingerprint density at radius 1 is 0.974 bits per heavy atom. The van der Waals surface area contributed by atoms with Gasteiger partial charge in [-0.1, -0.05) is 40.7 Å². The molecule has 4 fully saturated rings. The van der Waals surface area contributed by atoms with E-state index in [1.807, 2.05) is 31.3 Å². The third-order valence-electron chi connectivity index (χ3n) is 13.2. The van der Waals surface area contributed by atoms with Gasteiger partial charge in [0, 0.05) is 12.7 Å². The summed E-state index contributed by atoms with van der Waals surface area (Å²) in [6.07, 6.45) is 10.1. The zero-order chi connectivity index (χ0) is 27.6. The highest BCUT2D eigenvalue weighted by Crippen LogP contribution is 2.75. The van der Waals surface area contributed by atoms with Crippen LogP contribution in [-0.2, 0) is 6.54 Å². The molecule has 1 aromatic heterocycles. The Morgan fingerprint density at radius 2 is 1.71 bits per heavy atom. The van der Waals surface area contributed by atoms with Crippen LogP contribution in [0.4, 0.5) is 0 Å². The summed E-state index contributed by atoms with van der Waals surface area (Å²) in [5.74, 6) is 1.22. The van der Waals surface area contributed by atoms with E-state index in [9.17, 15) is 15.3 Å². The fraction of sp³-hybridized carbons (Fsp3) is 0.848. The molecule has 0 radical (unpaired) electrons. The highest BCUT2D eigenvalue weighted by Gasteiger charge is 2.71. The Hall–Kier alpha value is -1.01. The van der Waals surface area contributed by atoms with Crippen LogP contribution in [-0.4, -0.2) is 44.7 Å². The van der Waals surface area contributed by atoms with Gasteiger partial charge in [0.05, 0.1) is 23.5 Å². The van der Waals surface area contributed by atoms with E-state index in [-0.39, 0.29) is 45.7 Å². The van der Waals surface area contributed by atoms with Gasteiger partial charge in [0.2, 0.25) is 0 Å². The lowest BCUT2D eigenvalue weighted by molar-refractivity contribution is -0.246. The molecule has 5 nitrogen and oxygen atoms in total. The van der Waals surface area contributed by atoms with E-state index in [2.05, 4.69) is 44.9 Å². The molecule has 0 aliphatic heterocycles. The fourth-order valence-corrected chi connectivity index (χ4v) is 10.9. The van der Waals surface area contributed by atoms with Gasteiger partial charge in [-0.15, -0.1) is 0 Å². The van der Waals surface area contributed by atoms with Crippen molar-refractivity contribution in [1.82, 2.24) is 10.3 Å². The second kappa shape index (κ2) is 9.82. The van der Waals surface area contributed by atoms with Crippen molar-refractivity contribution in [2.45, 2.75) is 124 Å². The van der Waals surface area contributed by atoms with Gasteiger partial charge < -0.3 is 20.6 Å². The predicted molar refractivity (Wildman–Crippen MR) is 152 cm³/mol. The second-order valence-electron chi connectivity index (χ2n) is 15.3. The highest BCUT2D eigenvalue weighted by molar-refractivity contribution is 5.20. The first kappa shape index (κ1) is 28.5. The van der Waals surface area contributed by atoms with Gasteiger partial charge in [-0.05, 0) is 129 Å². The smallest absolute Gasteiger partial charge is 0.0652 e. The molecule has 0 saturated heterocycles. The molecule has 1 aromatic rings. The Labute approximate surface area is 231 Å². The van der Waals surface area contributed by atoms with Gasteiger partial charge in [-0.25, -0.2) is 0 Å². The van der Waals surface area contributed by atoms with Gasteiger partial charge in [0.1, 0.15) is 0 Å². The SMILES string of the molecule is CC1(C)C2CC[C@]3(C)C(C[C@@H](O)C4[C@@H]([C@@](C)(O)CCCNCc5ccccn5)CC[C@]43C)[C@@]2(C)CC[C@@H]1O. The molecule has 5 rings (SSSR count). The molecule has 214 valence electrons. The molecule has 3 unspecified atom stereocenters. The van der Waals surface area contributed by atoms with E-state index in [4.69, 9.17) is 0 Å². The molecule has 38 heavy (non-hydrogen) atoms. The lowest BCUT2D eigenvalue weighted by atomic mass is 9.35. The molecule has 1 heterocycles. The number of hydrogen-bond acceptors (Lipinski definition) is 5. The van der Waals surface area contributed by atoms with E-state index in [0.29, 0.717) is 11.8 Å². The summed E-state index contributed by atoms with van der Waals surface area (Å²) in [7, 11) is 0. The first-order valence-electron chi connectivity index (χ1n) is 15.5. The molecule has 4 N–H and O–H groups in total. The largest absolute Gasteiger partial charge is 0.393 e. The maximum Gasteiger partial charge on any atom is 0.0652 e. The molecule has 4 aliphatic rings. The third-order valence-corrected chi connectivity index (χ3v) is 13.2. The summed E-state index contributed by atoms with van der Waals surface area (Å²) in [4.78, 5) is 4.38. The number of aliphatic hydroxyl groups is 3. The summed E-state index contributed by atoms with van der Waals surface area (Å²) >= 11 is 0. The molecular weight excluding hydrogens is 472 g/mol. The topological polar surface area (TPSA) is 85.6 Å². The minimum Gasteiger partial charge on any atom is -0.393 e. The van der Waals surface area contributed by atoms with Crippen LogP contribution in [0.15, 0.2) is 24.4 Å². The van der Waals surface area contributed by atoms with Crippen molar-refractivity contribution in [3.8, 4) is 0 Å². The Morgan fingerprint density at radius 3 is 2.42 bits per heavy atom. The number of aliphatic hydroxyl groups excluding tert-OH is 2. The number of nitrogens with one attached hydrogen (secondary N) is 1. The van der Waals surface area contributed by atoms with E-state index in [1.54, 1.807) is 0 Å². The number of nitrogens with zero attached hydrogens (tertiary/aromatic N) is 1. The lowest BCUT2D eigenvalue weighted by Crippen LogP contribution is -2.66. The molecule has 5 heteroatoms. The minimum absolute atomic E-state index is 0.0232. The van der Waals surface area contributed by atoms with Crippen molar-refractivity contribution in [2.24, 2.45) is 45.3 Å². The van der Waals surface area contributed by atoms with Crippen molar-refractivity contribution in [2.75, 3.05) is 6.54 Å². The molecular formula is C33H54N2O3. The van der Waals surface area contributed by atoms with Crippen LogP contribution in [0.25, 0.3) is 0 Å². The summed E-state index contributed by atoms with van der Waals surface area (Å²) in [6.45, 7) is 15.7. The Kier molecular flexibility index (Phi) is 7.37. The quantitative estimate of drug-likeness (QED) is 0.342. The fourth-order valence-electron chi connectivity index (χ4n) is 10.9. The van der Waals surface area contributed by atoms with E-state index >= 15 is 0 Å². The number of rotatable bonds is 7. The summed E-state index contributed by atoms with van der Waals surface area (Å²) in [6, 6.07) is 5.98. The minimum atomic E-state index is -0.780. The van der Waals surface area contributed by atoms with Crippen molar-refractivity contribution in [3.05, 3.63) is 30.1 Å². The summed E-state index contributed by atoms with van der Waals surface area (Å²) in [5.41, 5.74) is 0.495. The van der Waals surface area contributed by atoms with E-state index in [1.165, 1.54) is 6.42 Å². The maximum atomic E-state index is 11.9. The van der Waals surface area contributed by atoms with Crippen molar-refractivity contribution in [1.29, 1.82) is 0 Å². The summed E-state index contributed by atoms with van der Waals surface area (Å²) in [5, 5.41) is 38.1. The van der Waals surface area contributed by atoms with Crippen molar-refractivity contribution >= 4 is 0 Å². The Balaban J connectivity index is 1.30. The summed E-state index contributed by atoms with van der Waals surface area (Å²) < 4.78 is 0. The highest BCUT2D eigenvalue weighted by atomic mass is 16.3. The number of aromatic nitrogens is 1. The third kappa shape index (κ3) is 4.30. The molecule has 4 saturated carbocycles. The van der Waals surface area contributed by atoms with Crippen LogP contribution in [0.5, 0.6) is 0 Å². The Bertz CT molecular complexity index is 982. The van der Waals surface area contributed by atoms with Crippen LogP contribution < -0.4 is 5.32 Å². The number of fused-ring (bicyclic) bond motifs is 5. The molecule has 10 atom stereocenters. The number of pyridine rings is 1. The number of hydrogen-bond donors (Lipinski definition) is 4. The molecule has 0 bridgehead atoms.